The van der Waals surface area contributed by atoms with Gasteiger partial charge in [0.2, 0.25) is 0 Å². The lowest BCUT2D eigenvalue weighted by Crippen LogP contribution is -2.13. The van der Waals surface area contributed by atoms with E-state index >= 15 is 0 Å². The van der Waals surface area contributed by atoms with E-state index in [0.29, 0.717) is 12.1 Å². The van der Waals surface area contributed by atoms with E-state index in [1.54, 1.807) is 6.07 Å². The van der Waals surface area contributed by atoms with Crippen LogP contribution >= 0.6 is 0 Å². The fourth-order valence-corrected chi connectivity index (χ4v) is 2.82. The van der Waals surface area contributed by atoms with Gasteiger partial charge in [-0.2, -0.15) is 0 Å². The number of rotatable bonds is 15. The minimum Gasteiger partial charge on any atom is -0.496 e. The standard InChI is InChI=1S/C28H37NO4/c1-3-4-5-6-7-8-9-10-11-12-13-14-15-16-17-18-19-20-27(30)33-28(31)25-22-21-24(29)23-26(25)32-2/h4-5,7-8,10-11,13-14,16-17,21-23H,3,6,9,12,15,18-20,29H2,1-2H3/b5-4-,8-7-,11-10-,14-13-,17-16-. The van der Waals surface area contributed by atoms with Gasteiger partial charge in [-0.15, -0.1) is 0 Å². The highest BCUT2D eigenvalue weighted by Gasteiger charge is 2.17. The predicted molar refractivity (Wildman–Crippen MR) is 136 cm³/mol. The maximum absolute atomic E-state index is 12.1. The smallest absolute Gasteiger partial charge is 0.349 e. The molecule has 0 spiro atoms. The van der Waals surface area contributed by atoms with Gasteiger partial charge in [0.15, 0.2) is 0 Å². The number of anilines is 1. The van der Waals surface area contributed by atoms with E-state index in [1.807, 2.05) is 6.08 Å². The number of allylic oxidation sites excluding steroid dienone is 10. The Labute approximate surface area is 198 Å². The molecule has 0 aliphatic rings. The number of carbonyl (C=O) groups is 2. The molecule has 178 valence electrons. The average Bonchev–Trinajstić information content (AvgIpc) is 2.80. The third-order valence-corrected chi connectivity index (χ3v) is 4.56. The number of benzene rings is 1. The molecule has 0 saturated carbocycles. The van der Waals surface area contributed by atoms with E-state index in [0.717, 1.165) is 38.5 Å². The van der Waals surface area contributed by atoms with Gasteiger partial charge in [-0.25, -0.2) is 4.79 Å². The number of hydrogen-bond acceptors (Lipinski definition) is 5. The summed E-state index contributed by atoms with van der Waals surface area (Å²) in [4.78, 5) is 24.0. The summed E-state index contributed by atoms with van der Waals surface area (Å²) in [5.74, 6) is -0.996. The Kier molecular flexibility index (Phi) is 15.3. The third-order valence-electron chi connectivity index (χ3n) is 4.56. The van der Waals surface area contributed by atoms with Crippen LogP contribution in [-0.4, -0.2) is 19.0 Å². The molecule has 1 aromatic rings. The minimum absolute atomic E-state index is 0.178. The molecular weight excluding hydrogens is 414 g/mol. The lowest BCUT2D eigenvalue weighted by atomic mass is 10.2. The second-order valence-corrected chi connectivity index (χ2v) is 7.32. The number of nitrogens with two attached hydrogens (primary N) is 1. The van der Waals surface area contributed by atoms with Gasteiger partial charge in [-0.3, -0.25) is 4.79 Å². The lowest BCUT2D eigenvalue weighted by Gasteiger charge is -2.08. The van der Waals surface area contributed by atoms with Gasteiger partial charge in [-0.05, 0) is 57.1 Å². The van der Waals surface area contributed by atoms with Crippen LogP contribution in [0.5, 0.6) is 5.75 Å². The van der Waals surface area contributed by atoms with Crippen LogP contribution in [0.2, 0.25) is 0 Å². The fraction of sp³-hybridized carbons (Fsp3) is 0.357. The zero-order valence-corrected chi connectivity index (χ0v) is 19.9. The first-order valence-electron chi connectivity index (χ1n) is 11.5. The SMILES string of the molecule is CC/C=C\C/C=C\C/C=C\C/C=C\C/C=C\CCCC(=O)OC(=O)c1ccc(N)cc1OC. The maximum atomic E-state index is 12.1. The number of ether oxygens (including phenoxy) is 2. The van der Waals surface area contributed by atoms with Crippen LogP contribution in [0.3, 0.4) is 0 Å². The highest BCUT2D eigenvalue weighted by molar-refractivity contribution is 5.99. The third kappa shape index (κ3) is 13.6. The first kappa shape index (κ1) is 27.7. The average molecular weight is 452 g/mol. The van der Waals surface area contributed by atoms with Crippen molar-refractivity contribution in [3.63, 3.8) is 0 Å². The predicted octanol–water partition coefficient (Wildman–Crippen LogP) is 6.88. The van der Waals surface area contributed by atoms with Gasteiger partial charge < -0.3 is 15.2 Å². The molecule has 0 aliphatic carbocycles. The molecule has 0 fully saturated rings. The molecule has 0 aromatic heterocycles. The number of carbonyl (C=O) groups excluding carboxylic acids is 2. The Morgan fingerprint density at radius 1 is 0.848 bits per heavy atom. The summed E-state index contributed by atoms with van der Waals surface area (Å²) in [5.41, 5.74) is 6.31. The summed E-state index contributed by atoms with van der Waals surface area (Å²) >= 11 is 0. The lowest BCUT2D eigenvalue weighted by molar-refractivity contribution is -0.138. The molecule has 0 radical (unpaired) electrons. The van der Waals surface area contributed by atoms with Crippen LogP contribution in [0, 0.1) is 0 Å². The first-order chi connectivity index (χ1) is 16.1. The van der Waals surface area contributed by atoms with Crippen LogP contribution < -0.4 is 10.5 Å². The Morgan fingerprint density at radius 3 is 1.94 bits per heavy atom. The summed E-state index contributed by atoms with van der Waals surface area (Å²) in [6, 6.07) is 4.56. The molecule has 0 heterocycles. The van der Waals surface area contributed by atoms with Crippen molar-refractivity contribution in [1.29, 1.82) is 0 Å². The summed E-state index contributed by atoms with van der Waals surface area (Å²) < 4.78 is 10.0. The molecule has 2 N–H and O–H groups in total. The molecule has 5 heteroatoms. The van der Waals surface area contributed by atoms with Gasteiger partial charge in [0.05, 0.1) is 7.11 Å². The van der Waals surface area contributed by atoms with E-state index in [2.05, 4.69) is 61.6 Å². The molecule has 0 unspecified atom stereocenters. The molecule has 0 atom stereocenters. The van der Waals surface area contributed by atoms with Crippen molar-refractivity contribution < 1.29 is 19.1 Å². The molecule has 0 saturated heterocycles. The van der Waals surface area contributed by atoms with Crippen LogP contribution in [0.25, 0.3) is 0 Å². The van der Waals surface area contributed by atoms with Crippen LogP contribution in [0.4, 0.5) is 5.69 Å². The van der Waals surface area contributed by atoms with Gasteiger partial charge in [0.25, 0.3) is 0 Å². The number of esters is 2. The van der Waals surface area contributed by atoms with E-state index in [1.165, 1.54) is 19.2 Å². The second-order valence-electron chi connectivity index (χ2n) is 7.32. The normalized spacial score (nSPS) is 12.1. The number of nitrogen functional groups attached to an aromatic ring is 1. The van der Waals surface area contributed by atoms with Gasteiger partial charge in [0, 0.05) is 18.2 Å². The van der Waals surface area contributed by atoms with Gasteiger partial charge >= 0.3 is 11.9 Å². The molecule has 1 rings (SSSR count). The summed E-state index contributed by atoms with van der Waals surface area (Å²) in [5, 5.41) is 0. The topological polar surface area (TPSA) is 78.6 Å². The van der Waals surface area contributed by atoms with E-state index < -0.39 is 11.9 Å². The van der Waals surface area contributed by atoms with Crippen molar-refractivity contribution in [2.75, 3.05) is 12.8 Å². The van der Waals surface area contributed by atoms with Gasteiger partial charge in [0.1, 0.15) is 11.3 Å². The highest BCUT2D eigenvalue weighted by atomic mass is 16.6. The Bertz CT molecular complexity index is 863. The quantitative estimate of drug-likeness (QED) is 0.103. The molecular formula is C28H37NO4. The summed E-state index contributed by atoms with van der Waals surface area (Å²) in [7, 11) is 1.43. The molecule has 1 aromatic carbocycles. The molecule has 5 nitrogen and oxygen atoms in total. The minimum atomic E-state index is -0.730. The van der Waals surface area contributed by atoms with Crippen molar-refractivity contribution in [3.8, 4) is 5.75 Å². The Hall–Kier alpha value is -3.34. The van der Waals surface area contributed by atoms with Crippen molar-refractivity contribution in [2.24, 2.45) is 0 Å². The van der Waals surface area contributed by atoms with Crippen molar-refractivity contribution in [2.45, 2.75) is 58.3 Å². The zero-order chi connectivity index (χ0) is 24.2. The van der Waals surface area contributed by atoms with E-state index in [4.69, 9.17) is 15.2 Å². The van der Waals surface area contributed by atoms with Crippen LogP contribution in [-0.2, 0) is 9.53 Å². The summed E-state index contributed by atoms with van der Waals surface area (Å²) in [6.45, 7) is 2.14. The van der Waals surface area contributed by atoms with Crippen molar-refractivity contribution >= 4 is 17.6 Å². The summed E-state index contributed by atoms with van der Waals surface area (Å²) in [6.07, 6.45) is 27.8. The largest absolute Gasteiger partial charge is 0.496 e. The van der Waals surface area contributed by atoms with Crippen molar-refractivity contribution in [1.82, 2.24) is 0 Å². The second kappa shape index (κ2) is 18.3. The number of methoxy groups -OCH3 is 1. The fourth-order valence-electron chi connectivity index (χ4n) is 2.82. The molecule has 33 heavy (non-hydrogen) atoms. The van der Waals surface area contributed by atoms with Gasteiger partial charge in [-0.1, -0.05) is 67.7 Å². The Morgan fingerprint density at radius 2 is 1.39 bits per heavy atom. The monoisotopic (exact) mass is 451 g/mol. The number of unbranched alkanes of at least 4 members (excludes halogenated alkanes) is 1. The Balaban J connectivity index is 2.13. The highest BCUT2D eigenvalue weighted by Crippen LogP contribution is 2.22. The van der Waals surface area contributed by atoms with Crippen LogP contribution in [0.15, 0.2) is 79.0 Å². The first-order valence-corrected chi connectivity index (χ1v) is 11.5. The van der Waals surface area contributed by atoms with E-state index in [-0.39, 0.29) is 17.7 Å². The molecule has 0 amide bonds. The van der Waals surface area contributed by atoms with Crippen LogP contribution in [0.1, 0.15) is 68.6 Å². The van der Waals surface area contributed by atoms with Crippen molar-refractivity contribution in [3.05, 3.63) is 84.5 Å². The maximum Gasteiger partial charge on any atom is 0.349 e. The van der Waals surface area contributed by atoms with E-state index in [9.17, 15) is 9.59 Å². The zero-order valence-electron chi connectivity index (χ0n) is 19.9. The molecule has 0 bridgehead atoms. The number of hydrogen-bond donors (Lipinski definition) is 1. The molecule has 0 aliphatic heterocycles.